The molecule has 44 heavy (non-hydrogen) atoms. The molecule has 2 heteroatoms. The van der Waals surface area contributed by atoms with E-state index in [-0.39, 0.29) is 12.1 Å². The second-order valence-corrected chi connectivity index (χ2v) is 14.4. The fraction of sp³-hybridized carbons (Fsp3) is 0.976. The van der Waals surface area contributed by atoms with E-state index in [1.807, 2.05) is 0 Å². The van der Waals surface area contributed by atoms with Gasteiger partial charge in [-0.3, -0.25) is 4.79 Å². The highest BCUT2D eigenvalue weighted by molar-refractivity contribution is 5.69. The predicted molar refractivity (Wildman–Crippen MR) is 198 cm³/mol. The number of hydrogen-bond donors (Lipinski definition) is 0. The van der Waals surface area contributed by atoms with Gasteiger partial charge in [-0.05, 0) is 32.1 Å². The largest absolute Gasteiger partial charge is 0.462 e. The van der Waals surface area contributed by atoms with Crippen LogP contribution in [0.2, 0.25) is 0 Å². The van der Waals surface area contributed by atoms with Crippen LogP contribution in [-0.4, -0.2) is 12.1 Å². The van der Waals surface area contributed by atoms with Gasteiger partial charge in [-0.25, -0.2) is 0 Å². The normalized spacial score (nSPS) is 12.2. The van der Waals surface area contributed by atoms with Crippen molar-refractivity contribution in [3.05, 3.63) is 0 Å². The summed E-state index contributed by atoms with van der Waals surface area (Å²) in [5.74, 6) is 0.0670. The lowest BCUT2D eigenvalue weighted by atomic mass is 10.0. The first-order valence-electron chi connectivity index (χ1n) is 20.9. The average molecular weight is 621 g/mol. The summed E-state index contributed by atoms with van der Waals surface area (Å²) in [7, 11) is 0. The summed E-state index contributed by atoms with van der Waals surface area (Å²) >= 11 is 0. The molecular weight excluding hydrogens is 536 g/mol. The molecule has 0 aromatic carbocycles. The number of carbonyl (C=O) groups is 1. The van der Waals surface area contributed by atoms with Crippen molar-refractivity contribution in [3.8, 4) is 0 Å². The maximum Gasteiger partial charge on any atom is 0.306 e. The summed E-state index contributed by atoms with van der Waals surface area (Å²) in [5.41, 5.74) is 0. The molecule has 0 fully saturated rings. The standard InChI is InChI=1S/C42H84O2/c1-4-7-10-12-14-16-18-20-21-22-23-24-25-26-28-30-32-34-37-40-42(43)44-41(38-35-9-6-3)39-36-33-31-29-27-19-17-15-13-11-8-5-2/h41H,4-40H2,1-3H3. The topological polar surface area (TPSA) is 26.3 Å². The number of ether oxygens (including phenoxy) is 1. The molecule has 0 heterocycles. The number of hydrogen-bond acceptors (Lipinski definition) is 2. The number of unbranched alkanes of at least 4 members (excludes halogenated alkanes) is 31. The van der Waals surface area contributed by atoms with E-state index in [2.05, 4.69) is 20.8 Å². The summed E-state index contributed by atoms with van der Waals surface area (Å²) < 4.78 is 6.00. The van der Waals surface area contributed by atoms with Gasteiger partial charge in [0, 0.05) is 6.42 Å². The van der Waals surface area contributed by atoms with Gasteiger partial charge >= 0.3 is 5.97 Å². The summed E-state index contributed by atoms with van der Waals surface area (Å²) in [5, 5.41) is 0. The van der Waals surface area contributed by atoms with Crippen molar-refractivity contribution >= 4 is 5.97 Å². The summed E-state index contributed by atoms with van der Waals surface area (Å²) in [6, 6.07) is 0. The highest BCUT2D eigenvalue weighted by Gasteiger charge is 2.14. The van der Waals surface area contributed by atoms with Crippen LogP contribution in [0.15, 0.2) is 0 Å². The fourth-order valence-corrected chi connectivity index (χ4v) is 6.69. The Bertz CT molecular complexity index is 530. The van der Waals surface area contributed by atoms with E-state index >= 15 is 0 Å². The van der Waals surface area contributed by atoms with Crippen molar-refractivity contribution < 1.29 is 9.53 Å². The van der Waals surface area contributed by atoms with E-state index in [1.165, 1.54) is 212 Å². The van der Waals surface area contributed by atoms with Gasteiger partial charge < -0.3 is 4.74 Å². The second kappa shape index (κ2) is 38.7. The minimum Gasteiger partial charge on any atom is -0.462 e. The van der Waals surface area contributed by atoms with Crippen LogP contribution in [-0.2, 0) is 9.53 Å². The molecule has 0 bridgehead atoms. The predicted octanol–water partition coefficient (Wildman–Crippen LogP) is 15.4. The molecule has 0 aliphatic rings. The Kier molecular flexibility index (Phi) is 38.2. The third-order valence-electron chi connectivity index (χ3n) is 9.79. The highest BCUT2D eigenvalue weighted by Crippen LogP contribution is 2.19. The van der Waals surface area contributed by atoms with Gasteiger partial charge in [0.2, 0.25) is 0 Å². The molecule has 0 radical (unpaired) electrons. The zero-order valence-corrected chi connectivity index (χ0v) is 31.1. The van der Waals surface area contributed by atoms with Crippen molar-refractivity contribution in [2.75, 3.05) is 0 Å². The van der Waals surface area contributed by atoms with Crippen LogP contribution in [0.5, 0.6) is 0 Å². The fourth-order valence-electron chi connectivity index (χ4n) is 6.69. The smallest absolute Gasteiger partial charge is 0.306 e. The molecule has 0 saturated heterocycles. The first-order chi connectivity index (χ1) is 21.7. The molecule has 264 valence electrons. The van der Waals surface area contributed by atoms with Gasteiger partial charge in [0.15, 0.2) is 0 Å². The van der Waals surface area contributed by atoms with E-state index in [1.54, 1.807) is 0 Å². The SMILES string of the molecule is CCCCCCCCCCCCCCCCCCCCCC(=O)OC(CCCCC)CCCCCCCCCCCCCC. The number of carbonyl (C=O) groups excluding carboxylic acids is 1. The van der Waals surface area contributed by atoms with Gasteiger partial charge in [-0.15, -0.1) is 0 Å². The average Bonchev–Trinajstić information content (AvgIpc) is 3.02. The zero-order chi connectivity index (χ0) is 32.0. The van der Waals surface area contributed by atoms with Crippen LogP contribution in [0.4, 0.5) is 0 Å². The van der Waals surface area contributed by atoms with Gasteiger partial charge in [0.1, 0.15) is 6.10 Å². The molecule has 0 rings (SSSR count). The Balaban J connectivity index is 3.61. The van der Waals surface area contributed by atoms with Crippen molar-refractivity contribution in [3.63, 3.8) is 0 Å². The minimum absolute atomic E-state index is 0.0670. The highest BCUT2D eigenvalue weighted by atomic mass is 16.5. The van der Waals surface area contributed by atoms with Gasteiger partial charge in [-0.1, -0.05) is 220 Å². The monoisotopic (exact) mass is 621 g/mol. The second-order valence-electron chi connectivity index (χ2n) is 14.4. The molecule has 1 unspecified atom stereocenters. The lowest BCUT2D eigenvalue weighted by Gasteiger charge is -2.18. The lowest BCUT2D eigenvalue weighted by molar-refractivity contribution is -0.150. The van der Waals surface area contributed by atoms with E-state index in [4.69, 9.17) is 4.74 Å². The molecule has 0 saturated carbocycles. The Morgan fingerprint density at radius 3 is 0.886 bits per heavy atom. The lowest BCUT2D eigenvalue weighted by Crippen LogP contribution is -2.18. The van der Waals surface area contributed by atoms with Crippen molar-refractivity contribution in [2.45, 2.75) is 264 Å². The molecule has 0 amide bonds. The van der Waals surface area contributed by atoms with E-state index in [0.717, 1.165) is 19.3 Å². The first kappa shape index (κ1) is 43.5. The molecule has 1 atom stereocenters. The first-order valence-corrected chi connectivity index (χ1v) is 20.9. The molecule has 0 spiro atoms. The molecule has 0 aromatic rings. The summed E-state index contributed by atoms with van der Waals surface area (Å²) in [4.78, 5) is 12.6. The van der Waals surface area contributed by atoms with Gasteiger partial charge in [0.25, 0.3) is 0 Å². The van der Waals surface area contributed by atoms with Crippen molar-refractivity contribution in [1.82, 2.24) is 0 Å². The molecule has 0 aliphatic heterocycles. The Morgan fingerprint density at radius 1 is 0.341 bits per heavy atom. The summed E-state index contributed by atoms with van der Waals surface area (Å²) in [6.45, 7) is 6.85. The van der Waals surface area contributed by atoms with Crippen LogP contribution >= 0.6 is 0 Å². The molecule has 0 N–H and O–H groups in total. The van der Waals surface area contributed by atoms with Crippen molar-refractivity contribution in [2.24, 2.45) is 0 Å². The van der Waals surface area contributed by atoms with E-state index < -0.39 is 0 Å². The van der Waals surface area contributed by atoms with E-state index in [0.29, 0.717) is 6.42 Å². The number of rotatable bonds is 38. The molecule has 0 aromatic heterocycles. The van der Waals surface area contributed by atoms with E-state index in [9.17, 15) is 4.79 Å². The van der Waals surface area contributed by atoms with Gasteiger partial charge in [-0.2, -0.15) is 0 Å². The molecule has 2 nitrogen and oxygen atoms in total. The van der Waals surface area contributed by atoms with Crippen LogP contribution in [0, 0.1) is 0 Å². The molecular formula is C42H84O2. The Morgan fingerprint density at radius 2 is 0.568 bits per heavy atom. The summed E-state index contributed by atoms with van der Waals surface area (Å²) in [6.07, 6.45) is 49.5. The number of esters is 1. The third-order valence-corrected chi connectivity index (χ3v) is 9.79. The quantitative estimate of drug-likeness (QED) is 0.0507. The minimum atomic E-state index is 0.0670. The Hall–Kier alpha value is -0.530. The maximum absolute atomic E-state index is 12.6. The van der Waals surface area contributed by atoms with Crippen LogP contribution in [0.1, 0.15) is 258 Å². The zero-order valence-electron chi connectivity index (χ0n) is 31.1. The van der Waals surface area contributed by atoms with Crippen LogP contribution in [0.3, 0.4) is 0 Å². The van der Waals surface area contributed by atoms with Crippen LogP contribution < -0.4 is 0 Å². The third kappa shape index (κ3) is 35.9. The van der Waals surface area contributed by atoms with Crippen LogP contribution in [0.25, 0.3) is 0 Å². The van der Waals surface area contributed by atoms with Crippen molar-refractivity contribution in [1.29, 1.82) is 0 Å². The maximum atomic E-state index is 12.6. The van der Waals surface area contributed by atoms with Gasteiger partial charge in [0.05, 0.1) is 0 Å². The Labute approximate surface area is 279 Å². The molecule has 0 aliphatic carbocycles.